The number of thioether (sulfide) groups is 1. The minimum Gasteiger partial charge on any atom is -0.379 e. The highest BCUT2D eigenvalue weighted by molar-refractivity contribution is 8.00. The summed E-state index contributed by atoms with van der Waals surface area (Å²) in [5.41, 5.74) is 1.22. The minimum absolute atomic E-state index is 0.00354. The maximum absolute atomic E-state index is 12.5. The van der Waals surface area contributed by atoms with Crippen molar-refractivity contribution in [2.75, 3.05) is 32.1 Å². The highest BCUT2D eigenvalue weighted by Gasteiger charge is 2.28. The van der Waals surface area contributed by atoms with E-state index >= 15 is 0 Å². The van der Waals surface area contributed by atoms with Crippen molar-refractivity contribution in [2.45, 2.75) is 23.9 Å². The molecule has 144 valence electrons. The van der Waals surface area contributed by atoms with E-state index in [9.17, 15) is 4.79 Å². The summed E-state index contributed by atoms with van der Waals surface area (Å²) < 4.78 is 5.50. The van der Waals surface area contributed by atoms with Crippen LogP contribution >= 0.6 is 23.4 Å². The van der Waals surface area contributed by atoms with Gasteiger partial charge in [0.15, 0.2) is 0 Å². The van der Waals surface area contributed by atoms with Crippen molar-refractivity contribution in [3.05, 3.63) is 65.2 Å². The molecule has 0 unspecified atom stereocenters. The Morgan fingerprint density at radius 1 is 1.15 bits per heavy atom. The summed E-state index contributed by atoms with van der Waals surface area (Å²) in [6, 6.07) is 18.1. The van der Waals surface area contributed by atoms with E-state index in [2.05, 4.69) is 29.3 Å². The van der Waals surface area contributed by atoms with Crippen LogP contribution in [0, 0.1) is 0 Å². The quantitative estimate of drug-likeness (QED) is 0.708. The van der Waals surface area contributed by atoms with E-state index in [1.807, 2.05) is 42.5 Å². The first-order chi connectivity index (χ1) is 13.1. The van der Waals surface area contributed by atoms with Crippen LogP contribution in [-0.4, -0.2) is 48.9 Å². The fraction of sp³-hybridized carbons (Fsp3) is 0.381. The Labute approximate surface area is 170 Å². The lowest BCUT2D eigenvalue weighted by atomic mass is 9.98. The van der Waals surface area contributed by atoms with Crippen LogP contribution in [0.4, 0.5) is 0 Å². The highest BCUT2D eigenvalue weighted by Crippen LogP contribution is 2.26. The molecule has 1 heterocycles. The molecule has 1 N–H and O–H groups in total. The first-order valence-corrected chi connectivity index (χ1v) is 10.5. The van der Waals surface area contributed by atoms with Crippen molar-refractivity contribution >= 4 is 29.3 Å². The molecule has 3 rings (SSSR count). The molecule has 1 aliphatic rings. The highest BCUT2D eigenvalue weighted by atomic mass is 35.5. The monoisotopic (exact) mass is 404 g/mol. The Balaban J connectivity index is 1.61. The molecule has 2 aromatic rings. The van der Waals surface area contributed by atoms with Crippen molar-refractivity contribution in [1.29, 1.82) is 0 Å². The molecule has 27 heavy (non-hydrogen) atoms. The van der Waals surface area contributed by atoms with Gasteiger partial charge in [0.2, 0.25) is 5.91 Å². The van der Waals surface area contributed by atoms with E-state index in [0.29, 0.717) is 10.8 Å². The van der Waals surface area contributed by atoms with Gasteiger partial charge in [0.25, 0.3) is 0 Å². The SMILES string of the molecule is C[C@H](NC(=O)CSc1ccc(Cl)cc1)[C@H](c1ccccc1)N1CCOCC1. The molecule has 0 bridgehead atoms. The normalized spacial score (nSPS) is 17.3. The van der Waals surface area contributed by atoms with Crippen molar-refractivity contribution in [1.82, 2.24) is 10.2 Å². The third kappa shape index (κ3) is 5.98. The van der Waals surface area contributed by atoms with Gasteiger partial charge in [-0.05, 0) is 36.8 Å². The van der Waals surface area contributed by atoms with Crippen LogP contribution in [-0.2, 0) is 9.53 Å². The fourth-order valence-corrected chi connectivity index (χ4v) is 4.21. The number of nitrogens with one attached hydrogen (secondary N) is 1. The maximum Gasteiger partial charge on any atom is 0.230 e. The molecule has 1 amide bonds. The Bertz CT molecular complexity index is 721. The molecule has 2 atom stereocenters. The van der Waals surface area contributed by atoms with Gasteiger partial charge in [0.1, 0.15) is 0 Å². The predicted octanol–water partition coefficient (Wildman–Crippen LogP) is 4.01. The summed E-state index contributed by atoms with van der Waals surface area (Å²) in [5, 5.41) is 3.89. The number of rotatable bonds is 7. The number of carbonyl (C=O) groups excluding carboxylic acids is 1. The second-order valence-electron chi connectivity index (χ2n) is 6.60. The second kappa shape index (κ2) is 10.1. The number of carbonyl (C=O) groups is 1. The fourth-order valence-electron chi connectivity index (χ4n) is 3.38. The van der Waals surface area contributed by atoms with Crippen molar-refractivity contribution in [2.24, 2.45) is 0 Å². The predicted molar refractivity (Wildman–Crippen MR) is 111 cm³/mol. The molecule has 0 saturated carbocycles. The molecule has 4 nitrogen and oxygen atoms in total. The van der Waals surface area contributed by atoms with Crippen molar-refractivity contribution < 1.29 is 9.53 Å². The first kappa shape index (κ1) is 20.2. The van der Waals surface area contributed by atoms with E-state index in [-0.39, 0.29) is 18.0 Å². The third-order valence-electron chi connectivity index (χ3n) is 4.63. The average Bonchev–Trinajstić information content (AvgIpc) is 2.69. The summed E-state index contributed by atoms with van der Waals surface area (Å²) in [5.74, 6) is 0.424. The zero-order valence-electron chi connectivity index (χ0n) is 15.4. The number of halogens is 1. The van der Waals surface area contributed by atoms with Gasteiger partial charge in [-0.2, -0.15) is 0 Å². The van der Waals surface area contributed by atoms with Gasteiger partial charge in [-0.3, -0.25) is 9.69 Å². The largest absolute Gasteiger partial charge is 0.379 e. The second-order valence-corrected chi connectivity index (χ2v) is 8.09. The number of nitrogens with zero attached hydrogens (tertiary/aromatic N) is 1. The molecule has 0 spiro atoms. The van der Waals surface area contributed by atoms with Crippen LogP contribution in [0.1, 0.15) is 18.5 Å². The summed E-state index contributed by atoms with van der Waals surface area (Å²) in [7, 11) is 0. The molecule has 1 fully saturated rings. The van der Waals surface area contributed by atoms with E-state index in [0.717, 1.165) is 31.2 Å². The average molecular weight is 405 g/mol. The molecular formula is C21H25ClN2O2S. The van der Waals surface area contributed by atoms with E-state index in [1.54, 1.807) is 0 Å². The first-order valence-electron chi connectivity index (χ1n) is 9.18. The van der Waals surface area contributed by atoms with Crippen LogP contribution < -0.4 is 5.32 Å². The molecule has 0 radical (unpaired) electrons. The van der Waals surface area contributed by atoms with Gasteiger partial charge in [-0.1, -0.05) is 41.9 Å². The Morgan fingerprint density at radius 3 is 2.48 bits per heavy atom. The van der Waals surface area contributed by atoms with Crippen LogP contribution in [0.5, 0.6) is 0 Å². The molecule has 1 saturated heterocycles. The molecule has 0 aliphatic carbocycles. The van der Waals surface area contributed by atoms with Gasteiger partial charge < -0.3 is 10.1 Å². The number of hydrogen-bond acceptors (Lipinski definition) is 4. The van der Waals surface area contributed by atoms with Crippen molar-refractivity contribution in [3.63, 3.8) is 0 Å². The third-order valence-corrected chi connectivity index (χ3v) is 5.89. The minimum atomic E-state index is 0.00354. The molecule has 0 aromatic heterocycles. The van der Waals surface area contributed by atoms with E-state index in [1.165, 1.54) is 17.3 Å². The van der Waals surface area contributed by atoms with Crippen LogP contribution in [0.2, 0.25) is 5.02 Å². The number of hydrogen-bond donors (Lipinski definition) is 1. The van der Waals surface area contributed by atoms with Crippen molar-refractivity contribution in [3.8, 4) is 0 Å². The summed E-state index contributed by atoms with van der Waals surface area (Å²) in [6.07, 6.45) is 0. The van der Waals surface area contributed by atoms with Gasteiger partial charge in [-0.25, -0.2) is 0 Å². The lowest BCUT2D eigenvalue weighted by Crippen LogP contribution is -2.48. The summed E-state index contributed by atoms with van der Waals surface area (Å²) >= 11 is 7.43. The zero-order valence-corrected chi connectivity index (χ0v) is 17.0. The topological polar surface area (TPSA) is 41.6 Å². The molecule has 6 heteroatoms. The van der Waals surface area contributed by atoms with Gasteiger partial charge in [-0.15, -0.1) is 11.8 Å². The van der Waals surface area contributed by atoms with E-state index < -0.39 is 0 Å². The smallest absolute Gasteiger partial charge is 0.230 e. The zero-order chi connectivity index (χ0) is 19.1. The molecule has 2 aromatic carbocycles. The number of amides is 1. The van der Waals surface area contributed by atoms with Crippen LogP contribution in [0.25, 0.3) is 0 Å². The van der Waals surface area contributed by atoms with Gasteiger partial charge in [0.05, 0.1) is 25.0 Å². The standard InChI is InChI=1S/C21H25ClN2O2S/c1-16(23-20(25)15-27-19-9-7-18(22)8-10-19)21(17-5-3-2-4-6-17)24-11-13-26-14-12-24/h2-10,16,21H,11-15H2,1H3,(H,23,25)/t16-,21+/m0/s1. The Hall–Kier alpha value is -1.53. The van der Waals surface area contributed by atoms with Crippen LogP contribution in [0.15, 0.2) is 59.5 Å². The molecular weight excluding hydrogens is 380 g/mol. The number of ether oxygens (including phenoxy) is 1. The summed E-state index contributed by atoms with van der Waals surface area (Å²) in [4.78, 5) is 15.9. The number of morpholine rings is 1. The lowest BCUT2D eigenvalue weighted by molar-refractivity contribution is -0.119. The Morgan fingerprint density at radius 2 is 1.81 bits per heavy atom. The maximum atomic E-state index is 12.5. The number of benzene rings is 2. The lowest BCUT2D eigenvalue weighted by Gasteiger charge is -2.38. The van der Waals surface area contributed by atoms with Crippen LogP contribution in [0.3, 0.4) is 0 Å². The van der Waals surface area contributed by atoms with Gasteiger partial charge in [0, 0.05) is 29.0 Å². The molecule has 1 aliphatic heterocycles. The Kier molecular flexibility index (Phi) is 7.59. The van der Waals surface area contributed by atoms with Gasteiger partial charge >= 0.3 is 0 Å². The summed E-state index contributed by atoms with van der Waals surface area (Å²) in [6.45, 7) is 5.30. The van der Waals surface area contributed by atoms with E-state index in [4.69, 9.17) is 16.3 Å².